The van der Waals surface area contributed by atoms with Crippen LogP contribution in [0, 0.1) is 20.8 Å². The maximum absolute atomic E-state index is 12.7. The lowest BCUT2D eigenvalue weighted by molar-refractivity contribution is 0.102. The van der Waals surface area contributed by atoms with E-state index in [0.29, 0.717) is 27.3 Å². The van der Waals surface area contributed by atoms with Gasteiger partial charge in [0.2, 0.25) is 5.82 Å². The summed E-state index contributed by atoms with van der Waals surface area (Å²) in [5, 5.41) is 8.13. The number of aryl methyl sites for hydroxylation is 2. The summed E-state index contributed by atoms with van der Waals surface area (Å²) >= 11 is 7.63. The number of carbonyl (C=O) groups excluding carboxylic acids is 1. The molecule has 1 amide bonds. The summed E-state index contributed by atoms with van der Waals surface area (Å²) in [5.41, 5.74) is 4.17. The van der Waals surface area contributed by atoms with Crippen LogP contribution < -0.4 is 5.32 Å². The number of halogens is 1. The molecule has 0 atom stereocenters. The molecule has 0 saturated carbocycles. The lowest BCUT2D eigenvalue weighted by Crippen LogP contribution is -2.12. The zero-order valence-electron chi connectivity index (χ0n) is 16.1. The van der Waals surface area contributed by atoms with Crippen molar-refractivity contribution in [2.24, 2.45) is 0 Å². The Labute approximate surface area is 177 Å². The summed E-state index contributed by atoms with van der Waals surface area (Å²) in [4.78, 5) is 18.4. The number of benzene rings is 2. The number of rotatable bonds is 4. The van der Waals surface area contributed by atoms with Crippen LogP contribution in [-0.2, 0) is 0 Å². The Bertz CT molecular complexity index is 1200. The predicted octanol–water partition coefficient (Wildman–Crippen LogP) is 6.30. The van der Waals surface area contributed by atoms with Crippen LogP contribution in [0.2, 0.25) is 5.02 Å². The van der Waals surface area contributed by atoms with Gasteiger partial charge in [0.15, 0.2) is 0 Å². The lowest BCUT2D eigenvalue weighted by Gasteiger charge is -2.06. The molecular weight excluding hydrogens is 406 g/mol. The molecule has 5 nitrogen and oxygen atoms in total. The van der Waals surface area contributed by atoms with Gasteiger partial charge < -0.3 is 9.84 Å². The first-order valence-electron chi connectivity index (χ1n) is 9.01. The number of nitrogens with one attached hydrogen (secondary N) is 1. The molecule has 2 heterocycles. The van der Waals surface area contributed by atoms with E-state index >= 15 is 0 Å². The number of anilines is 1. The maximum Gasteiger partial charge on any atom is 0.261 e. The third-order valence-electron chi connectivity index (χ3n) is 4.68. The molecule has 7 heteroatoms. The van der Waals surface area contributed by atoms with Crippen LogP contribution in [0.15, 0.2) is 53.1 Å². The first-order valence-corrected chi connectivity index (χ1v) is 10.2. The molecule has 146 valence electrons. The van der Waals surface area contributed by atoms with Crippen LogP contribution >= 0.6 is 22.9 Å². The van der Waals surface area contributed by atoms with Crippen molar-refractivity contribution in [2.45, 2.75) is 20.8 Å². The van der Waals surface area contributed by atoms with Crippen molar-refractivity contribution < 1.29 is 9.32 Å². The lowest BCUT2D eigenvalue weighted by atomic mass is 10.1. The van der Waals surface area contributed by atoms with E-state index in [4.69, 9.17) is 16.1 Å². The van der Waals surface area contributed by atoms with Gasteiger partial charge in [-0.05, 0) is 38.5 Å². The van der Waals surface area contributed by atoms with Gasteiger partial charge in [-0.2, -0.15) is 4.98 Å². The van der Waals surface area contributed by atoms with E-state index in [-0.39, 0.29) is 5.91 Å². The minimum Gasteiger partial charge on any atom is -0.333 e. The van der Waals surface area contributed by atoms with Crippen LogP contribution in [0.4, 0.5) is 5.00 Å². The van der Waals surface area contributed by atoms with Gasteiger partial charge >= 0.3 is 0 Å². The Morgan fingerprint density at radius 1 is 1.07 bits per heavy atom. The van der Waals surface area contributed by atoms with E-state index in [1.54, 1.807) is 24.3 Å². The van der Waals surface area contributed by atoms with E-state index in [0.717, 1.165) is 27.1 Å². The fourth-order valence-corrected chi connectivity index (χ4v) is 4.20. The highest BCUT2D eigenvalue weighted by Crippen LogP contribution is 2.40. The van der Waals surface area contributed by atoms with Crippen LogP contribution in [0.3, 0.4) is 0 Å². The van der Waals surface area contributed by atoms with Gasteiger partial charge in [0.1, 0.15) is 5.00 Å². The van der Waals surface area contributed by atoms with Crippen LogP contribution in [0.1, 0.15) is 26.4 Å². The second-order valence-corrected chi connectivity index (χ2v) is 8.34. The summed E-state index contributed by atoms with van der Waals surface area (Å²) in [6, 6.07) is 14.8. The van der Waals surface area contributed by atoms with Gasteiger partial charge in [0, 0.05) is 10.4 Å². The summed E-state index contributed by atoms with van der Waals surface area (Å²) < 4.78 is 5.55. The Hall–Kier alpha value is -2.96. The van der Waals surface area contributed by atoms with E-state index in [9.17, 15) is 4.79 Å². The minimum atomic E-state index is -0.281. The monoisotopic (exact) mass is 423 g/mol. The first-order chi connectivity index (χ1) is 13.9. The quantitative estimate of drug-likeness (QED) is 0.418. The normalized spacial score (nSPS) is 10.9. The Morgan fingerprint density at radius 2 is 1.79 bits per heavy atom. The van der Waals surface area contributed by atoms with Crippen LogP contribution in [0.25, 0.3) is 22.8 Å². The van der Waals surface area contributed by atoms with Crippen molar-refractivity contribution in [1.29, 1.82) is 0 Å². The standard InChI is InChI=1S/C22H18ClN3O2S/c1-12-8-10-15(11-9-12)19-24-21(28-26-19)18-13(2)14(3)29-22(18)25-20(27)16-6-4-5-7-17(16)23/h4-11H,1-3H3,(H,25,27). The molecule has 4 rings (SSSR count). The Balaban J connectivity index is 1.69. The second-order valence-electron chi connectivity index (χ2n) is 6.71. The maximum atomic E-state index is 12.7. The smallest absolute Gasteiger partial charge is 0.261 e. The van der Waals surface area contributed by atoms with Gasteiger partial charge in [-0.15, -0.1) is 11.3 Å². The molecule has 1 N–H and O–H groups in total. The van der Waals surface area contributed by atoms with Crippen LogP contribution in [0.5, 0.6) is 0 Å². The largest absolute Gasteiger partial charge is 0.333 e. The third kappa shape index (κ3) is 3.81. The Kier molecular flexibility index (Phi) is 5.22. The average Bonchev–Trinajstić information content (AvgIpc) is 3.28. The highest BCUT2D eigenvalue weighted by atomic mass is 35.5. The molecule has 0 aliphatic carbocycles. The molecule has 0 aliphatic rings. The molecule has 0 spiro atoms. The molecule has 0 unspecified atom stereocenters. The van der Waals surface area contributed by atoms with Gasteiger partial charge in [0.25, 0.3) is 11.8 Å². The van der Waals surface area contributed by atoms with E-state index < -0.39 is 0 Å². The first kappa shape index (κ1) is 19.4. The number of hydrogen-bond acceptors (Lipinski definition) is 5. The van der Waals surface area contributed by atoms with Crippen molar-refractivity contribution in [3.05, 3.63) is 75.1 Å². The van der Waals surface area contributed by atoms with Crippen molar-refractivity contribution in [2.75, 3.05) is 5.32 Å². The molecule has 4 aromatic rings. The molecule has 2 aromatic heterocycles. The topological polar surface area (TPSA) is 68.0 Å². The fraction of sp³-hybridized carbons (Fsp3) is 0.136. The molecule has 0 saturated heterocycles. The van der Waals surface area contributed by atoms with E-state index in [1.165, 1.54) is 11.3 Å². The summed E-state index contributed by atoms with van der Waals surface area (Å²) in [6.45, 7) is 5.99. The van der Waals surface area contributed by atoms with Crippen molar-refractivity contribution in [3.63, 3.8) is 0 Å². The number of aromatic nitrogens is 2. The SMILES string of the molecule is Cc1ccc(-c2noc(-c3c(NC(=O)c4ccccc4Cl)sc(C)c3C)n2)cc1. The molecule has 0 bridgehead atoms. The number of nitrogens with zero attached hydrogens (tertiary/aromatic N) is 2. The zero-order chi connectivity index (χ0) is 20.5. The molecule has 2 aromatic carbocycles. The van der Waals surface area contributed by atoms with Crippen molar-refractivity contribution in [3.8, 4) is 22.8 Å². The van der Waals surface area contributed by atoms with E-state index in [1.807, 2.05) is 45.0 Å². The number of thiophene rings is 1. The Morgan fingerprint density at radius 3 is 2.52 bits per heavy atom. The number of amides is 1. The van der Waals surface area contributed by atoms with Gasteiger partial charge in [0.05, 0.1) is 16.1 Å². The summed E-state index contributed by atoms with van der Waals surface area (Å²) in [7, 11) is 0. The number of carbonyl (C=O) groups is 1. The molecular formula is C22H18ClN3O2S. The highest BCUT2D eigenvalue weighted by Gasteiger charge is 2.23. The molecule has 0 aliphatic heterocycles. The predicted molar refractivity (Wildman–Crippen MR) is 117 cm³/mol. The molecule has 0 fully saturated rings. The summed E-state index contributed by atoms with van der Waals surface area (Å²) in [6.07, 6.45) is 0. The van der Waals surface area contributed by atoms with Crippen molar-refractivity contribution in [1.82, 2.24) is 10.1 Å². The fourth-order valence-electron chi connectivity index (χ4n) is 2.93. The van der Waals surface area contributed by atoms with Crippen molar-refractivity contribution >= 4 is 33.8 Å². The van der Waals surface area contributed by atoms with Gasteiger partial charge in [-0.3, -0.25) is 4.79 Å². The third-order valence-corrected chi connectivity index (χ3v) is 6.13. The summed E-state index contributed by atoms with van der Waals surface area (Å²) in [5.74, 6) is 0.597. The highest BCUT2D eigenvalue weighted by molar-refractivity contribution is 7.17. The van der Waals surface area contributed by atoms with E-state index in [2.05, 4.69) is 15.5 Å². The molecule has 29 heavy (non-hydrogen) atoms. The minimum absolute atomic E-state index is 0.281. The number of hydrogen-bond donors (Lipinski definition) is 1. The second kappa shape index (κ2) is 7.81. The average molecular weight is 424 g/mol. The molecule has 0 radical (unpaired) electrons. The van der Waals surface area contributed by atoms with Crippen LogP contribution in [-0.4, -0.2) is 16.0 Å². The van der Waals surface area contributed by atoms with Gasteiger partial charge in [-0.25, -0.2) is 0 Å². The zero-order valence-corrected chi connectivity index (χ0v) is 17.7. The van der Waals surface area contributed by atoms with Gasteiger partial charge in [-0.1, -0.05) is 58.7 Å².